The molecule has 0 amide bonds. The van der Waals surface area contributed by atoms with Gasteiger partial charge in [-0.3, -0.25) is 10.1 Å². The quantitative estimate of drug-likeness (QED) is 0.280. The predicted molar refractivity (Wildman–Crippen MR) is 101 cm³/mol. The summed E-state index contributed by atoms with van der Waals surface area (Å²) in [5.41, 5.74) is 1.36. The van der Waals surface area contributed by atoms with E-state index in [0.29, 0.717) is 27.1 Å². The fourth-order valence-corrected chi connectivity index (χ4v) is 2.61. The van der Waals surface area contributed by atoms with Crippen LogP contribution in [0.2, 0.25) is 0 Å². The van der Waals surface area contributed by atoms with Crippen LogP contribution in [0.5, 0.6) is 11.5 Å². The largest absolute Gasteiger partial charge is 0.493 e. The molecule has 134 valence electrons. The number of nitro groups is 1. The molecule has 7 nitrogen and oxygen atoms in total. The summed E-state index contributed by atoms with van der Waals surface area (Å²) in [6.07, 6.45) is 6.69. The van der Waals surface area contributed by atoms with Gasteiger partial charge in [0.25, 0.3) is 5.69 Å². The highest BCUT2D eigenvalue weighted by Crippen LogP contribution is 2.36. The average molecular weight is 419 g/mol. The normalized spacial score (nSPS) is 10.3. The second kappa shape index (κ2) is 9.44. The Kier molecular flexibility index (Phi) is 7.00. The third-order valence-corrected chi connectivity index (χ3v) is 3.77. The zero-order chi connectivity index (χ0) is 18.9. The van der Waals surface area contributed by atoms with Crippen LogP contribution in [0.25, 0.3) is 0 Å². The Hall–Kier alpha value is -3.05. The van der Waals surface area contributed by atoms with Crippen LogP contribution in [0.3, 0.4) is 0 Å². The van der Waals surface area contributed by atoms with Crippen LogP contribution in [0.1, 0.15) is 11.1 Å². The molecular weight excluding hydrogens is 404 g/mol. The van der Waals surface area contributed by atoms with Crippen LogP contribution in [0, 0.1) is 22.5 Å². The summed E-state index contributed by atoms with van der Waals surface area (Å²) in [5.74, 6) is 3.39. The van der Waals surface area contributed by atoms with Gasteiger partial charge in [0.2, 0.25) is 0 Å². The Balaban J connectivity index is 2.04. The van der Waals surface area contributed by atoms with E-state index in [4.69, 9.17) is 20.7 Å². The summed E-state index contributed by atoms with van der Waals surface area (Å²) < 4.78 is 11.4. The number of hydrogen-bond donors (Lipinski definition) is 0. The summed E-state index contributed by atoms with van der Waals surface area (Å²) in [4.78, 5) is 15.5. The van der Waals surface area contributed by atoms with Crippen molar-refractivity contribution in [2.45, 2.75) is 6.61 Å². The lowest BCUT2D eigenvalue weighted by molar-refractivity contribution is -0.384. The average Bonchev–Trinajstić information content (AvgIpc) is 2.64. The monoisotopic (exact) mass is 418 g/mol. The van der Waals surface area contributed by atoms with E-state index in [1.807, 2.05) is 0 Å². The van der Waals surface area contributed by atoms with E-state index in [9.17, 15) is 10.1 Å². The lowest BCUT2D eigenvalue weighted by atomic mass is 10.2. The van der Waals surface area contributed by atoms with Gasteiger partial charge in [-0.1, -0.05) is 23.2 Å². The van der Waals surface area contributed by atoms with E-state index in [1.54, 1.807) is 24.3 Å². The van der Waals surface area contributed by atoms with Crippen molar-refractivity contribution in [3.05, 3.63) is 62.1 Å². The van der Waals surface area contributed by atoms with Crippen molar-refractivity contribution < 1.29 is 19.2 Å². The lowest BCUT2D eigenvalue weighted by Crippen LogP contribution is -1.99. The molecule has 0 atom stereocenters. The van der Waals surface area contributed by atoms with Crippen molar-refractivity contribution in [2.75, 3.05) is 13.7 Å². The van der Waals surface area contributed by atoms with Gasteiger partial charge in [-0.2, -0.15) is 0 Å². The van der Waals surface area contributed by atoms with E-state index in [-0.39, 0.29) is 18.9 Å². The number of methoxy groups -OCH3 is 1. The zero-order valence-electron chi connectivity index (χ0n) is 13.8. The van der Waals surface area contributed by atoms with E-state index >= 15 is 0 Å². The molecule has 0 fully saturated rings. The Morgan fingerprint density at radius 3 is 2.88 bits per heavy atom. The van der Waals surface area contributed by atoms with Gasteiger partial charge in [-0.05, 0) is 33.6 Å². The molecule has 0 saturated carbocycles. The van der Waals surface area contributed by atoms with Crippen molar-refractivity contribution in [1.29, 1.82) is 0 Å². The first-order valence-electron chi connectivity index (χ1n) is 7.37. The first kappa shape index (κ1) is 19.3. The van der Waals surface area contributed by atoms with Crippen molar-refractivity contribution >= 4 is 27.8 Å². The molecule has 8 heteroatoms. The Labute approximate surface area is 158 Å². The van der Waals surface area contributed by atoms with Crippen molar-refractivity contribution in [3.63, 3.8) is 0 Å². The molecule has 2 rings (SSSR count). The van der Waals surface area contributed by atoms with E-state index < -0.39 is 4.92 Å². The van der Waals surface area contributed by atoms with E-state index in [1.165, 1.54) is 25.5 Å². The highest BCUT2D eigenvalue weighted by atomic mass is 79.9. The molecular formula is C18H15BrN2O5. The van der Waals surface area contributed by atoms with Gasteiger partial charge in [0.05, 0.1) is 22.7 Å². The van der Waals surface area contributed by atoms with E-state index in [0.717, 1.165) is 0 Å². The maximum atomic E-state index is 10.8. The number of ether oxygens (including phenoxy) is 2. The predicted octanol–water partition coefficient (Wildman–Crippen LogP) is 3.93. The molecule has 0 aliphatic carbocycles. The molecule has 0 heterocycles. The number of non-ortho nitro benzene ring substituents is 1. The van der Waals surface area contributed by atoms with Crippen LogP contribution in [0.4, 0.5) is 5.69 Å². The molecule has 0 saturated heterocycles. The molecule has 0 aliphatic rings. The van der Waals surface area contributed by atoms with Crippen LogP contribution in [0.15, 0.2) is 46.0 Å². The first-order valence-corrected chi connectivity index (χ1v) is 8.17. The van der Waals surface area contributed by atoms with E-state index in [2.05, 4.69) is 27.0 Å². The third kappa shape index (κ3) is 5.22. The second-order valence-electron chi connectivity index (χ2n) is 4.96. The summed E-state index contributed by atoms with van der Waals surface area (Å²) in [5, 5.41) is 14.6. The third-order valence-electron chi connectivity index (χ3n) is 3.18. The summed E-state index contributed by atoms with van der Waals surface area (Å²) >= 11 is 3.40. The molecule has 0 unspecified atom stereocenters. The van der Waals surface area contributed by atoms with Crippen LogP contribution in [-0.2, 0) is 11.4 Å². The molecule has 0 N–H and O–H groups in total. The maximum Gasteiger partial charge on any atom is 0.269 e. The number of oxime groups is 1. The fourth-order valence-electron chi connectivity index (χ4n) is 2.04. The van der Waals surface area contributed by atoms with Gasteiger partial charge in [0.15, 0.2) is 11.5 Å². The molecule has 0 bridgehead atoms. The van der Waals surface area contributed by atoms with Gasteiger partial charge in [-0.15, -0.1) is 6.42 Å². The second-order valence-corrected chi connectivity index (χ2v) is 5.82. The molecule has 0 aliphatic heterocycles. The van der Waals surface area contributed by atoms with Gasteiger partial charge >= 0.3 is 0 Å². The number of nitro benzene ring substituents is 1. The topological polar surface area (TPSA) is 83.2 Å². The summed E-state index contributed by atoms with van der Waals surface area (Å²) in [6.45, 7) is 0.231. The van der Waals surface area contributed by atoms with Gasteiger partial charge in [0, 0.05) is 17.7 Å². The highest BCUT2D eigenvalue weighted by Gasteiger charge is 2.11. The Morgan fingerprint density at radius 2 is 2.19 bits per heavy atom. The minimum Gasteiger partial charge on any atom is -0.493 e. The van der Waals surface area contributed by atoms with Gasteiger partial charge in [0.1, 0.15) is 13.2 Å². The standard InChI is InChI=1S/C18H15BrN2O5/c1-3-7-25-18-16(19)9-14(10-17(18)24-2)11-20-26-12-13-5-4-6-15(8-13)21(22)23/h1,4-6,8-11H,7,12H2,2H3/b20-11-. The number of rotatable bonds is 8. The molecule has 2 aromatic rings. The van der Waals surface area contributed by atoms with Crippen LogP contribution in [-0.4, -0.2) is 24.9 Å². The first-order chi connectivity index (χ1) is 12.5. The smallest absolute Gasteiger partial charge is 0.269 e. The summed E-state index contributed by atoms with van der Waals surface area (Å²) in [6, 6.07) is 9.66. The van der Waals surface area contributed by atoms with Crippen LogP contribution < -0.4 is 9.47 Å². The maximum absolute atomic E-state index is 10.8. The number of terminal acetylenes is 1. The summed E-state index contributed by atoms with van der Waals surface area (Å²) in [7, 11) is 1.52. The molecule has 0 spiro atoms. The minimum absolute atomic E-state index is 0.00584. The number of halogens is 1. The molecule has 0 radical (unpaired) electrons. The molecule has 2 aromatic carbocycles. The number of hydrogen-bond acceptors (Lipinski definition) is 6. The fraction of sp³-hybridized carbons (Fsp3) is 0.167. The Bertz CT molecular complexity index is 861. The lowest BCUT2D eigenvalue weighted by Gasteiger charge is -2.11. The van der Waals surface area contributed by atoms with Crippen molar-refractivity contribution in [3.8, 4) is 23.8 Å². The number of nitrogens with zero attached hydrogens (tertiary/aromatic N) is 2. The molecule has 0 aromatic heterocycles. The Morgan fingerprint density at radius 1 is 1.38 bits per heavy atom. The highest BCUT2D eigenvalue weighted by molar-refractivity contribution is 9.10. The van der Waals surface area contributed by atoms with Gasteiger partial charge in [-0.25, -0.2) is 0 Å². The SMILES string of the molecule is C#CCOc1c(Br)cc(/C=N\OCc2cccc([N+](=O)[O-])c2)cc1OC. The van der Waals surface area contributed by atoms with Gasteiger partial charge < -0.3 is 14.3 Å². The number of benzene rings is 2. The zero-order valence-corrected chi connectivity index (χ0v) is 15.4. The molecule has 26 heavy (non-hydrogen) atoms. The van der Waals surface area contributed by atoms with Crippen molar-refractivity contribution in [1.82, 2.24) is 0 Å². The minimum atomic E-state index is -0.458. The van der Waals surface area contributed by atoms with Crippen LogP contribution >= 0.6 is 15.9 Å². The van der Waals surface area contributed by atoms with Crippen molar-refractivity contribution in [2.24, 2.45) is 5.16 Å².